The van der Waals surface area contributed by atoms with Crippen LogP contribution in [0.15, 0.2) is 33.6 Å². The standard InChI is InChI=1S/C11H10BrF3N2O2S/c12-7-3-1-2-4-8(7)20-5-9(18)17-10(19)16-6-11(13,14)15/h1-4H,5-6H2,(H2,16,17,18,19). The van der Waals surface area contributed by atoms with E-state index in [-0.39, 0.29) is 5.75 Å². The molecule has 1 aromatic rings. The second-order valence-corrected chi connectivity index (χ2v) is 5.44. The Hall–Kier alpha value is -1.22. The number of urea groups is 1. The highest BCUT2D eigenvalue weighted by atomic mass is 79.9. The van der Waals surface area contributed by atoms with E-state index in [2.05, 4.69) is 15.9 Å². The Kier molecular flexibility index (Phi) is 6.34. The van der Waals surface area contributed by atoms with Crippen molar-refractivity contribution >= 4 is 39.6 Å². The minimum atomic E-state index is -4.51. The number of carbonyl (C=O) groups excluding carboxylic acids is 2. The van der Waals surface area contributed by atoms with Crippen molar-refractivity contribution in [3.8, 4) is 0 Å². The second-order valence-electron chi connectivity index (χ2n) is 3.57. The van der Waals surface area contributed by atoms with Gasteiger partial charge in [-0.25, -0.2) is 4.79 Å². The Morgan fingerprint density at radius 1 is 1.25 bits per heavy atom. The molecule has 0 atom stereocenters. The maximum Gasteiger partial charge on any atom is 0.405 e. The third-order valence-electron chi connectivity index (χ3n) is 1.90. The average molecular weight is 371 g/mol. The van der Waals surface area contributed by atoms with Gasteiger partial charge in [-0.2, -0.15) is 13.2 Å². The molecule has 0 heterocycles. The molecule has 0 aliphatic rings. The predicted octanol–water partition coefficient (Wildman–Crippen LogP) is 2.93. The molecule has 9 heteroatoms. The van der Waals surface area contributed by atoms with Crippen molar-refractivity contribution < 1.29 is 22.8 Å². The van der Waals surface area contributed by atoms with E-state index in [9.17, 15) is 22.8 Å². The maximum absolute atomic E-state index is 11.8. The molecule has 1 rings (SSSR count). The number of benzene rings is 1. The van der Waals surface area contributed by atoms with Crippen LogP contribution in [0, 0.1) is 0 Å². The molecule has 0 unspecified atom stereocenters. The highest BCUT2D eigenvalue weighted by Gasteiger charge is 2.27. The fraction of sp³-hybridized carbons (Fsp3) is 0.273. The lowest BCUT2D eigenvalue weighted by molar-refractivity contribution is -0.124. The van der Waals surface area contributed by atoms with Crippen LogP contribution in [0.3, 0.4) is 0 Å². The zero-order valence-electron chi connectivity index (χ0n) is 9.96. The minimum absolute atomic E-state index is 0.0813. The molecule has 2 N–H and O–H groups in total. The fourth-order valence-electron chi connectivity index (χ4n) is 1.09. The van der Waals surface area contributed by atoms with Gasteiger partial charge in [0.05, 0.1) is 5.75 Å². The van der Waals surface area contributed by atoms with Gasteiger partial charge >= 0.3 is 12.2 Å². The Balaban J connectivity index is 2.34. The minimum Gasteiger partial charge on any atom is -0.329 e. The summed E-state index contributed by atoms with van der Waals surface area (Å²) in [7, 11) is 0. The highest BCUT2D eigenvalue weighted by Crippen LogP contribution is 2.26. The van der Waals surface area contributed by atoms with Crippen molar-refractivity contribution in [2.75, 3.05) is 12.3 Å². The molecule has 20 heavy (non-hydrogen) atoms. The van der Waals surface area contributed by atoms with E-state index in [4.69, 9.17) is 0 Å². The first-order chi connectivity index (χ1) is 9.28. The Bertz CT molecular complexity index is 497. The quantitative estimate of drug-likeness (QED) is 0.801. The van der Waals surface area contributed by atoms with Crippen LogP contribution < -0.4 is 10.6 Å². The van der Waals surface area contributed by atoms with Gasteiger partial charge in [-0.3, -0.25) is 10.1 Å². The summed E-state index contributed by atoms with van der Waals surface area (Å²) in [5, 5.41) is 3.37. The molecule has 110 valence electrons. The van der Waals surface area contributed by atoms with Crippen LogP contribution in [-0.4, -0.2) is 30.4 Å². The van der Waals surface area contributed by atoms with Gasteiger partial charge in [0, 0.05) is 9.37 Å². The lowest BCUT2D eigenvalue weighted by Gasteiger charge is -2.09. The molecule has 0 bridgehead atoms. The normalized spacial score (nSPS) is 11.0. The summed E-state index contributed by atoms with van der Waals surface area (Å²) < 4.78 is 36.3. The van der Waals surface area contributed by atoms with E-state index in [1.165, 1.54) is 0 Å². The Labute approximate surface area is 125 Å². The van der Waals surface area contributed by atoms with E-state index >= 15 is 0 Å². The van der Waals surface area contributed by atoms with Crippen LogP contribution in [0.5, 0.6) is 0 Å². The second kappa shape index (κ2) is 7.53. The number of thioether (sulfide) groups is 1. The van der Waals surface area contributed by atoms with Crippen molar-refractivity contribution in [2.45, 2.75) is 11.1 Å². The monoisotopic (exact) mass is 370 g/mol. The van der Waals surface area contributed by atoms with Crippen LogP contribution in [0.1, 0.15) is 0 Å². The van der Waals surface area contributed by atoms with Gasteiger partial charge in [0.15, 0.2) is 0 Å². The third kappa shape index (κ3) is 6.80. The number of halogens is 4. The Morgan fingerprint density at radius 3 is 2.50 bits per heavy atom. The van der Waals surface area contributed by atoms with Crippen LogP contribution in [-0.2, 0) is 4.79 Å². The lowest BCUT2D eigenvalue weighted by atomic mass is 10.4. The van der Waals surface area contributed by atoms with Gasteiger partial charge in [0.2, 0.25) is 5.91 Å². The molecule has 0 spiro atoms. The van der Waals surface area contributed by atoms with Crippen molar-refractivity contribution in [1.29, 1.82) is 0 Å². The molecular formula is C11H10BrF3N2O2S. The molecule has 4 nitrogen and oxygen atoms in total. The number of hydrogen-bond acceptors (Lipinski definition) is 3. The molecule has 0 radical (unpaired) electrons. The predicted molar refractivity (Wildman–Crippen MR) is 72.5 cm³/mol. The zero-order valence-corrected chi connectivity index (χ0v) is 12.4. The van der Waals surface area contributed by atoms with Gasteiger partial charge in [-0.15, -0.1) is 11.8 Å². The fourth-order valence-corrected chi connectivity index (χ4v) is 2.46. The topological polar surface area (TPSA) is 58.2 Å². The van der Waals surface area contributed by atoms with E-state index < -0.39 is 24.7 Å². The molecule has 0 fully saturated rings. The van der Waals surface area contributed by atoms with Crippen molar-refractivity contribution in [1.82, 2.24) is 10.6 Å². The number of alkyl halides is 3. The number of amides is 3. The molecule has 1 aromatic carbocycles. The molecule has 0 saturated carbocycles. The summed E-state index contributed by atoms with van der Waals surface area (Å²) in [4.78, 5) is 23.2. The SMILES string of the molecule is O=C(CSc1ccccc1Br)NC(=O)NCC(F)(F)F. The van der Waals surface area contributed by atoms with Gasteiger partial charge in [0.25, 0.3) is 0 Å². The summed E-state index contributed by atoms with van der Waals surface area (Å²) in [6.45, 7) is -1.48. The average Bonchev–Trinajstić information content (AvgIpc) is 2.35. The number of nitrogens with one attached hydrogen (secondary N) is 2. The molecular weight excluding hydrogens is 361 g/mol. The van der Waals surface area contributed by atoms with E-state index in [1.54, 1.807) is 29.6 Å². The number of carbonyl (C=O) groups is 2. The van der Waals surface area contributed by atoms with Gasteiger partial charge in [0.1, 0.15) is 6.54 Å². The molecule has 0 aliphatic heterocycles. The number of imide groups is 1. The lowest BCUT2D eigenvalue weighted by Crippen LogP contribution is -2.43. The van der Waals surface area contributed by atoms with Gasteiger partial charge in [-0.1, -0.05) is 12.1 Å². The zero-order chi connectivity index (χ0) is 15.2. The van der Waals surface area contributed by atoms with Crippen molar-refractivity contribution in [3.63, 3.8) is 0 Å². The summed E-state index contributed by atoms with van der Waals surface area (Å²) in [6, 6.07) is 5.97. The van der Waals surface area contributed by atoms with Crippen LogP contribution >= 0.6 is 27.7 Å². The molecule has 0 saturated heterocycles. The first-order valence-electron chi connectivity index (χ1n) is 5.29. The van der Waals surface area contributed by atoms with Gasteiger partial charge in [-0.05, 0) is 28.1 Å². The van der Waals surface area contributed by atoms with E-state index in [0.717, 1.165) is 21.1 Å². The smallest absolute Gasteiger partial charge is 0.329 e. The summed E-state index contributed by atoms with van der Waals surface area (Å²) >= 11 is 4.45. The van der Waals surface area contributed by atoms with Crippen LogP contribution in [0.25, 0.3) is 0 Å². The third-order valence-corrected chi connectivity index (χ3v) is 3.93. The summed E-state index contributed by atoms with van der Waals surface area (Å²) in [5.41, 5.74) is 0. The number of rotatable bonds is 4. The van der Waals surface area contributed by atoms with Crippen molar-refractivity contribution in [2.24, 2.45) is 0 Å². The first-order valence-corrected chi connectivity index (χ1v) is 7.07. The van der Waals surface area contributed by atoms with Gasteiger partial charge < -0.3 is 5.32 Å². The summed E-state index contributed by atoms with van der Waals surface area (Å²) in [6.07, 6.45) is -4.51. The van der Waals surface area contributed by atoms with E-state index in [0.29, 0.717) is 0 Å². The number of hydrogen-bond donors (Lipinski definition) is 2. The van der Waals surface area contributed by atoms with Crippen LogP contribution in [0.2, 0.25) is 0 Å². The molecule has 0 aromatic heterocycles. The van der Waals surface area contributed by atoms with Crippen LogP contribution in [0.4, 0.5) is 18.0 Å². The molecule has 0 aliphatic carbocycles. The Morgan fingerprint density at radius 2 is 1.90 bits per heavy atom. The van der Waals surface area contributed by atoms with E-state index in [1.807, 2.05) is 5.32 Å². The summed E-state index contributed by atoms with van der Waals surface area (Å²) in [5.74, 6) is -0.757. The van der Waals surface area contributed by atoms with Crippen molar-refractivity contribution in [3.05, 3.63) is 28.7 Å². The highest BCUT2D eigenvalue weighted by molar-refractivity contribution is 9.10. The largest absolute Gasteiger partial charge is 0.405 e. The molecule has 3 amide bonds. The maximum atomic E-state index is 11.8. The first kappa shape index (κ1) is 16.8.